The number of β-amino-alcohol motifs (C(OH)–C–C–N with tert-alkyl or cyclic N) is 1. The minimum atomic E-state index is -0.483. The average Bonchev–Trinajstić information content (AvgIpc) is 2.74. The fourth-order valence-corrected chi connectivity index (χ4v) is 4.57. The predicted molar refractivity (Wildman–Crippen MR) is 117 cm³/mol. The van der Waals surface area contributed by atoms with Crippen LogP contribution in [0.15, 0.2) is 42.5 Å². The van der Waals surface area contributed by atoms with Crippen molar-refractivity contribution >= 4 is 23.2 Å². The molecule has 0 saturated carbocycles. The largest absolute Gasteiger partial charge is 0.387 e. The summed E-state index contributed by atoms with van der Waals surface area (Å²) in [6.07, 6.45) is 5.50. The van der Waals surface area contributed by atoms with Gasteiger partial charge in [0.1, 0.15) is 0 Å². The lowest BCUT2D eigenvalue weighted by atomic mass is 9.90. The number of fused-ring (bicyclic) bond motifs is 1. The lowest BCUT2D eigenvalue weighted by molar-refractivity contribution is -0.116. The minimum Gasteiger partial charge on any atom is -0.387 e. The van der Waals surface area contributed by atoms with Crippen LogP contribution in [0.25, 0.3) is 0 Å². The number of nitrogens with one attached hydrogen (secondary N) is 1. The van der Waals surface area contributed by atoms with Crippen molar-refractivity contribution in [1.29, 1.82) is 0 Å². The Balaban J connectivity index is 1.24. The molecular formula is C24H29ClN2O2. The Labute approximate surface area is 177 Å². The first-order chi connectivity index (χ1) is 14.1. The summed E-state index contributed by atoms with van der Waals surface area (Å²) in [4.78, 5) is 13.9. The molecule has 5 heteroatoms. The number of carbonyl (C=O) groups is 1. The Morgan fingerprint density at radius 2 is 1.86 bits per heavy atom. The number of anilines is 1. The average molecular weight is 413 g/mol. The van der Waals surface area contributed by atoms with E-state index in [9.17, 15) is 9.90 Å². The highest BCUT2D eigenvalue weighted by Gasteiger charge is 2.22. The molecule has 154 valence electrons. The molecule has 2 aliphatic rings. The van der Waals surface area contributed by atoms with Gasteiger partial charge < -0.3 is 15.3 Å². The molecule has 1 fully saturated rings. The Morgan fingerprint density at radius 1 is 1.10 bits per heavy atom. The van der Waals surface area contributed by atoms with Gasteiger partial charge in [-0.2, -0.15) is 0 Å². The van der Waals surface area contributed by atoms with Crippen molar-refractivity contribution in [2.24, 2.45) is 5.92 Å². The third-order valence-electron chi connectivity index (χ3n) is 6.30. The molecule has 4 rings (SSSR count). The Bertz CT molecular complexity index is 844. The van der Waals surface area contributed by atoms with Gasteiger partial charge in [-0.3, -0.25) is 4.79 Å². The van der Waals surface area contributed by atoms with E-state index < -0.39 is 6.10 Å². The van der Waals surface area contributed by atoms with E-state index in [4.69, 9.17) is 11.6 Å². The van der Waals surface area contributed by atoms with Crippen molar-refractivity contribution in [3.8, 4) is 0 Å². The van der Waals surface area contributed by atoms with Crippen LogP contribution in [-0.4, -0.2) is 35.5 Å². The first kappa shape index (κ1) is 20.4. The van der Waals surface area contributed by atoms with E-state index in [2.05, 4.69) is 28.4 Å². The zero-order chi connectivity index (χ0) is 20.2. The molecular weight excluding hydrogens is 384 g/mol. The topological polar surface area (TPSA) is 52.6 Å². The Morgan fingerprint density at radius 3 is 2.62 bits per heavy atom. The number of benzene rings is 2. The summed E-state index contributed by atoms with van der Waals surface area (Å²) >= 11 is 5.96. The third-order valence-corrected chi connectivity index (χ3v) is 6.55. The standard InChI is InChI=1S/C24H29ClN2O2/c25-21-7-3-17(4-8-21)1-2-18-11-13-27(14-12-18)16-23(28)20-5-9-22-19(15-20)6-10-24(29)26-22/h3-5,7-9,15,18,23,28H,1-2,6,10-14,16H2,(H,26,29). The summed E-state index contributed by atoms with van der Waals surface area (Å²) in [6.45, 7) is 2.77. The molecule has 4 nitrogen and oxygen atoms in total. The number of hydrogen-bond donors (Lipinski definition) is 2. The number of aliphatic hydroxyl groups is 1. The van der Waals surface area contributed by atoms with Crippen molar-refractivity contribution in [2.75, 3.05) is 25.0 Å². The number of aliphatic hydroxyl groups excluding tert-OH is 1. The van der Waals surface area contributed by atoms with E-state index in [1.807, 2.05) is 24.3 Å². The Kier molecular flexibility index (Phi) is 6.53. The van der Waals surface area contributed by atoms with E-state index in [0.29, 0.717) is 13.0 Å². The second-order valence-electron chi connectivity index (χ2n) is 8.39. The highest BCUT2D eigenvalue weighted by molar-refractivity contribution is 6.30. The van der Waals surface area contributed by atoms with Crippen LogP contribution in [0.1, 0.15) is 48.5 Å². The quantitative estimate of drug-likeness (QED) is 0.728. The maximum Gasteiger partial charge on any atom is 0.224 e. The lowest BCUT2D eigenvalue weighted by Gasteiger charge is -2.33. The highest BCUT2D eigenvalue weighted by atomic mass is 35.5. The number of likely N-dealkylation sites (tertiary alicyclic amines) is 1. The number of carbonyl (C=O) groups excluding carboxylic acids is 1. The molecule has 1 amide bonds. The number of halogens is 1. The number of hydrogen-bond acceptors (Lipinski definition) is 3. The van der Waals surface area contributed by atoms with E-state index in [0.717, 1.165) is 53.7 Å². The van der Waals surface area contributed by atoms with Gasteiger partial charge in [0.2, 0.25) is 5.91 Å². The van der Waals surface area contributed by atoms with Crippen LogP contribution in [0, 0.1) is 5.92 Å². The van der Waals surface area contributed by atoms with Gasteiger partial charge in [-0.05, 0) is 86.0 Å². The second kappa shape index (κ2) is 9.29. The van der Waals surface area contributed by atoms with Crippen molar-refractivity contribution in [1.82, 2.24) is 4.90 Å². The third kappa shape index (κ3) is 5.39. The number of nitrogens with zero attached hydrogens (tertiary/aromatic N) is 1. The van der Waals surface area contributed by atoms with Crippen LogP contribution in [-0.2, 0) is 17.6 Å². The number of aryl methyl sites for hydroxylation is 2. The summed E-state index contributed by atoms with van der Waals surface area (Å²) in [5.74, 6) is 0.830. The summed E-state index contributed by atoms with van der Waals surface area (Å²) in [5, 5.41) is 14.4. The highest BCUT2D eigenvalue weighted by Crippen LogP contribution is 2.28. The van der Waals surface area contributed by atoms with Gasteiger partial charge in [0.25, 0.3) is 0 Å². The molecule has 2 aromatic rings. The van der Waals surface area contributed by atoms with Crippen LogP contribution in [0.4, 0.5) is 5.69 Å². The molecule has 1 atom stereocenters. The van der Waals surface area contributed by atoms with Gasteiger partial charge in [-0.15, -0.1) is 0 Å². The first-order valence-electron chi connectivity index (χ1n) is 10.6. The van der Waals surface area contributed by atoms with Crippen LogP contribution in [0.5, 0.6) is 0 Å². The maximum atomic E-state index is 11.5. The normalized spacial score (nSPS) is 18.9. The predicted octanol–water partition coefficient (Wildman–Crippen LogP) is 4.60. The second-order valence-corrected chi connectivity index (χ2v) is 8.83. The van der Waals surface area contributed by atoms with Gasteiger partial charge >= 0.3 is 0 Å². The van der Waals surface area contributed by atoms with Crippen molar-refractivity contribution in [3.05, 3.63) is 64.2 Å². The SMILES string of the molecule is O=C1CCc2cc(C(O)CN3CCC(CCc4ccc(Cl)cc4)CC3)ccc2N1. The van der Waals surface area contributed by atoms with Crippen LogP contribution in [0.3, 0.4) is 0 Å². The van der Waals surface area contributed by atoms with Crippen LogP contribution in [0.2, 0.25) is 5.02 Å². The number of amides is 1. The number of piperidine rings is 1. The first-order valence-corrected chi connectivity index (χ1v) is 11.0. The number of rotatable bonds is 6. The fraction of sp³-hybridized carbons (Fsp3) is 0.458. The van der Waals surface area contributed by atoms with E-state index in [-0.39, 0.29) is 5.91 Å². The molecule has 0 aromatic heterocycles. The van der Waals surface area contributed by atoms with Crippen molar-refractivity contribution in [3.63, 3.8) is 0 Å². The molecule has 0 spiro atoms. The van der Waals surface area contributed by atoms with Gasteiger partial charge in [0.05, 0.1) is 6.10 Å². The van der Waals surface area contributed by atoms with Crippen molar-refractivity contribution in [2.45, 2.75) is 44.6 Å². The molecule has 1 unspecified atom stereocenters. The van der Waals surface area contributed by atoms with Gasteiger partial charge in [-0.1, -0.05) is 35.9 Å². The molecule has 2 aromatic carbocycles. The van der Waals surface area contributed by atoms with Gasteiger partial charge in [0.15, 0.2) is 0 Å². The summed E-state index contributed by atoms with van der Waals surface area (Å²) in [7, 11) is 0. The molecule has 0 bridgehead atoms. The van der Waals surface area contributed by atoms with E-state index in [1.54, 1.807) is 0 Å². The molecule has 2 aliphatic heterocycles. The smallest absolute Gasteiger partial charge is 0.224 e. The monoisotopic (exact) mass is 412 g/mol. The summed E-state index contributed by atoms with van der Waals surface area (Å²) < 4.78 is 0. The molecule has 29 heavy (non-hydrogen) atoms. The van der Waals surface area contributed by atoms with Gasteiger partial charge in [-0.25, -0.2) is 0 Å². The van der Waals surface area contributed by atoms with Crippen LogP contribution >= 0.6 is 11.6 Å². The lowest BCUT2D eigenvalue weighted by Crippen LogP contribution is -2.36. The summed E-state index contributed by atoms with van der Waals surface area (Å²) in [5.41, 5.74) is 4.32. The van der Waals surface area contributed by atoms with E-state index in [1.165, 1.54) is 24.8 Å². The van der Waals surface area contributed by atoms with Crippen LogP contribution < -0.4 is 5.32 Å². The molecule has 0 radical (unpaired) electrons. The fourth-order valence-electron chi connectivity index (χ4n) is 4.44. The molecule has 1 saturated heterocycles. The summed E-state index contributed by atoms with van der Waals surface area (Å²) in [6, 6.07) is 14.1. The zero-order valence-corrected chi connectivity index (χ0v) is 17.5. The van der Waals surface area contributed by atoms with Crippen molar-refractivity contribution < 1.29 is 9.90 Å². The zero-order valence-electron chi connectivity index (χ0n) is 16.7. The molecule has 2 heterocycles. The minimum absolute atomic E-state index is 0.0738. The molecule has 0 aliphatic carbocycles. The Hall–Kier alpha value is -1.88. The maximum absolute atomic E-state index is 11.5. The molecule has 2 N–H and O–H groups in total. The van der Waals surface area contributed by atoms with E-state index >= 15 is 0 Å². The van der Waals surface area contributed by atoms with Gasteiger partial charge in [0, 0.05) is 23.7 Å².